The number of amides is 1. The SMILES string of the molecule is CC(C)(C)OC(=O)N[C@@H](C/C=C/B1OC(C)(C)C(C)(C)O1)C(=O)O. The van der Waals surface area contributed by atoms with E-state index < -0.39 is 42.0 Å². The number of hydrogen-bond acceptors (Lipinski definition) is 5. The third kappa shape index (κ3) is 5.83. The third-order valence-electron chi connectivity index (χ3n) is 3.93. The lowest BCUT2D eigenvalue weighted by molar-refractivity contribution is -0.139. The molecule has 1 atom stereocenters. The van der Waals surface area contributed by atoms with Crippen LogP contribution in [0.4, 0.5) is 4.79 Å². The molecular weight excluding hydrogens is 313 g/mol. The van der Waals surface area contributed by atoms with Gasteiger partial charge in [-0.3, -0.25) is 0 Å². The summed E-state index contributed by atoms with van der Waals surface area (Å²) in [6, 6.07) is -1.08. The normalized spacial score (nSPS) is 20.9. The molecule has 0 aliphatic carbocycles. The molecule has 24 heavy (non-hydrogen) atoms. The Hall–Kier alpha value is -1.54. The number of nitrogens with one attached hydrogen (secondary N) is 1. The van der Waals surface area contributed by atoms with Crippen LogP contribution in [-0.2, 0) is 18.8 Å². The Labute approximate surface area is 143 Å². The third-order valence-corrected chi connectivity index (χ3v) is 3.93. The van der Waals surface area contributed by atoms with E-state index in [-0.39, 0.29) is 6.42 Å². The average molecular weight is 341 g/mol. The fourth-order valence-corrected chi connectivity index (χ4v) is 1.96. The molecule has 0 unspecified atom stereocenters. The van der Waals surface area contributed by atoms with Crippen LogP contribution in [0.5, 0.6) is 0 Å². The molecule has 0 aromatic heterocycles. The maximum Gasteiger partial charge on any atom is 0.486 e. The van der Waals surface area contributed by atoms with E-state index in [2.05, 4.69) is 5.32 Å². The van der Waals surface area contributed by atoms with Gasteiger partial charge >= 0.3 is 19.2 Å². The fourth-order valence-electron chi connectivity index (χ4n) is 1.96. The van der Waals surface area contributed by atoms with Crippen LogP contribution in [0.1, 0.15) is 54.9 Å². The number of carboxylic acid groups (broad SMARTS) is 1. The molecule has 1 aliphatic heterocycles. The molecule has 1 saturated heterocycles. The molecule has 0 saturated carbocycles. The first kappa shape index (κ1) is 20.5. The first-order valence-corrected chi connectivity index (χ1v) is 7.98. The number of carboxylic acids is 1. The smallest absolute Gasteiger partial charge is 0.480 e. The van der Waals surface area contributed by atoms with Gasteiger partial charge in [-0.05, 0) is 54.9 Å². The lowest BCUT2D eigenvalue weighted by Crippen LogP contribution is -2.43. The summed E-state index contributed by atoms with van der Waals surface area (Å²) in [4.78, 5) is 23.0. The number of ether oxygens (including phenoxy) is 1. The van der Waals surface area contributed by atoms with Crippen molar-refractivity contribution in [2.45, 2.75) is 77.7 Å². The van der Waals surface area contributed by atoms with Crippen LogP contribution in [0, 0.1) is 0 Å². The van der Waals surface area contributed by atoms with Gasteiger partial charge in [0.15, 0.2) is 0 Å². The summed E-state index contributed by atoms with van der Waals surface area (Å²) in [5.41, 5.74) is -1.60. The monoisotopic (exact) mass is 341 g/mol. The highest BCUT2D eigenvalue weighted by Crippen LogP contribution is 2.36. The van der Waals surface area contributed by atoms with Gasteiger partial charge in [-0.25, -0.2) is 9.59 Å². The van der Waals surface area contributed by atoms with Crippen LogP contribution in [-0.4, -0.2) is 47.1 Å². The maximum absolute atomic E-state index is 11.7. The van der Waals surface area contributed by atoms with Gasteiger partial charge in [0.05, 0.1) is 11.2 Å². The van der Waals surface area contributed by atoms with Gasteiger partial charge in [-0.15, -0.1) is 0 Å². The topological polar surface area (TPSA) is 94.1 Å². The molecule has 1 fully saturated rings. The first-order valence-electron chi connectivity index (χ1n) is 7.98. The van der Waals surface area contributed by atoms with Crippen molar-refractivity contribution in [1.82, 2.24) is 5.32 Å². The van der Waals surface area contributed by atoms with E-state index in [1.165, 1.54) is 0 Å². The second-order valence-electron chi connectivity index (χ2n) is 7.83. The van der Waals surface area contributed by atoms with Crippen molar-refractivity contribution >= 4 is 19.2 Å². The summed E-state index contributed by atoms with van der Waals surface area (Å²) in [7, 11) is -0.550. The molecule has 0 aromatic rings. The quantitative estimate of drug-likeness (QED) is 0.747. The van der Waals surface area contributed by atoms with E-state index in [0.29, 0.717) is 0 Å². The van der Waals surface area contributed by atoms with Crippen molar-refractivity contribution in [3.8, 4) is 0 Å². The Morgan fingerprint density at radius 1 is 1.21 bits per heavy atom. The van der Waals surface area contributed by atoms with Crippen molar-refractivity contribution in [3.63, 3.8) is 0 Å². The van der Waals surface area contributed by atoms with Crippen LogP contribution in [0.2, 0.25) is 0 Å². The Kier molecular flexibility index (Phi) is 6.11. The van der Waals surface area contributed by atoms with E-state index in [0.717, 1.165) is 0 Å². The Bertz CT molecular complexity index is 493. The Morgan fingerprint density at radius 3 is 2.12 bits per heavy atom. The zero-order chi connectivity index (χ0) is 18.8. The van der Waals surface area contributed by atoms with Gasteiger partial charge in [0.1, 0.15) is 11.6 Å². The Balaban J connectivity index is 2.59. The predicted molar refractivity (Wildman–Crippen MR) is 90.6 cm³/mol. The lowest BCUT2D eigenvalue weighted by Gasteiger charge is -2.32. The highest BCUT2D eigenvalue weighted by Gasteiger charge is 2.50. The standard InChI is InChI=1S/C16H28BNO6/c1-14(2,3)22-13(21)18-11(12(19)20)9-8-10-17-23-15(4,5)16(6,7)24-17/h8,10-11H,9H2,1-7H3,(H,18,21)(H,19,20)/b10-8+/t11-/m0/s1. The molecule has 0 spiro atoms. The highest BCUT2D eigenvalue weighted by atomic mass is 16.7. The average Bonchev–Trinajstić information content (AvgIpc) is 2.53. The number of rotatable bonds is 5. The maximum atomic E-state index is 11.7. The fraction of sp³-hybridized carbons (Fsp3) is 0.750. The lowest BCUT2D eigenvalue weighted by atomic mass is 9.89. The largest absolute Gasteiger partial charge is 0.486 e. The molecule has 0 bridgehead atoms. The minimum atomic E-state index is -1.14. The zero-order valence-electron chi connectivity index (χ0n) is 15.5. The summed E-state index contributed by atoms with van der Waals surface area (Å²) in [6.07, 6.45) is 0.954. The molecule has 7 nitrogen and oxygen atoms in total. The van der Waals surface area contributed by atoms with Crippen LogP contribution in [0.25, 0.3) is 0 Å². The number of carbonyl (C=O) groups is 2. The summed E-state index contributed by atoms with van der Waals surface area (Å²) in [5, 5.41) is 11.5. The summed E-state index contributed by atoms with van der Waals surface area (Å²) in [5.74, 6) is 0.517. The second-order valence-corrected chi connectivity index (χ2v) is 7.83. The van der Waals surface area contributed by atoms with Gasteiger partial charge < -0.3 is 24.5 Å². The molecule has 1 aliphatic rings. The van der Waals surface area contributed by atoms with E-state index in [9.17, 15) is 14.7 Å². The summed E-state index contributed by atoms with van der Waals surface area (Å²) >= 11 is 0. The second kappa shape index (κ2) is 7.15. The molecule has 0 aromatic carbocycles. The molecular formula is C16H28BNO6. The van der Waals surface area contributed by atoms with Gasteiger partial charge in [0.2, 0.25) is 0 Å². The molecule has 1 rings (SSSR count). The van der Waals surface area contributed by atoms with Crippen molar-refractivity contribution in [2.24, 2.45) is 0 Å². The van der Waals surface area contributed by atoms with Crippen LogP contribution in [0.3, 0.4) is 0 Å². The van der Waals surface area contributed by atoms with Gasteiger partial charge in [0, 0.05) is 0 Å². The number of aliphatic carboxylic acids is 1. The number of hydrogen-bond donors (Lipinski definition) is 2. The van der Waals surface area contributed by atoms with E-state index in [1.807, 2.05) is 27.7 Å². The molecule has 8 heteroatoms. The van der Waals surface area contributed by atoms with Crippen LogP contribution >= 0.6 is 0 Å². The minimum Gasteiger partial charge on any atom is -0.480 e. The number of carbonyl (C=O) groups excluding carboxylic acids is 1. The van der Waals surface area contributed by atoms with Gasteiger partial charge in [-0.2, -0.15) is 0 Å². The van der Waals surface area contributed by atoms with Crippen molar-refractivity contribution < 1.29 is 28.7 Å². The number of alkyl carbamates (subject to hydrolysis) is 1. The first-order chi connectivity index (χ1) is 10.7. The predicted octanol–water partition coefficient (Wildman–Crippen LogP) is 2.54. The molecule has 1 amide bonds. The van der Waals surface area contributed by atoms with E-state index in [4.69, 9.17) is 14.0 Å². The zero-order valence-corrected chi connectivity index (χ0v) is 15.5. The summed E-state index contributed by atoms with van der Waals surface area (Å²) < 4.78 is 16.6. The van der Waals surface area contributed by atoms with E-state index in [1.54, 1.807) is 32.8 Å². The molecule has 136 valence electrons. The minimum absolute atomic E-state index is 0.0959. The van der Waals surface area contributed by atoms with Crippen LogP contribution in [0.15, 0.2) is 12.1 Å². The Morgan fingerprint density at radius 2 is 1.71 bits per heavy atom. The van der Waals surface area contributed by atoms with Gasteiger partial charge in [-0.1, -0.05) is 12.1 Å². The molecule has 2 N–H and O–H groups in total. The van der Waals surface area contributed by atoms with Crippen molar-refractivity contribution in [1.29, 1.82) is 0 Å². The molecule has 0 radical (unpaired) electrons. The van der Waals surface area contributed by atoms with Crippen molar-refractivity contribution in [3.05, 3.63) is 12.1 Å². The highest BCUT2D eigenvalue weighted by molar-refractivity contribution is 6.51. The van der Waals surface area contributed by atoms with E-state index >= 15 is 0 Å². The summed E-state index contributed by atoms with van der Waals surface area (Å²) in [6.45, 7) is 12.9. The van der Waals surface area contributed by atoms with Crippen molar-refractivity contribution in [2.75, 3.05) is 0 Å². The van der Waals surface area contributed by atoms with Gasteiger partial charge in [0.25, 0.3) is 0 Å². The van der Waals surface area contributed by atoms with Crippen LogP contribution < -0.4 is 5.32 Å². The molecule has 1 heterocycles.